The molecule has 1 saturated heterocycles. The fourth-order valence-corrected chi connectivity index (χ4v) is 3.67. The van der Waals surface area contributed by atoms with Gasteiger partial charge in [0.05, 0.1) is 18.3 Å². The molecule has 11 nitrogen and oxygen atoms in total. The third-order valence-electron chi connectivity index (χ3n) is 4.88. The summed E-state index contributed by atoms with van der Waals surface area (Å²) in [5, 5.41) is 11.9. The molecule has 0 radical (unpaired) electrons. The predicted molar refractivity (Wildman–Crippen MR) is 116 cm³/mol. The molecule has 3 aromatic rings. The minimum atomic E-state index is -0.573. The summed E-state index contributed by atoms with van der Waals surface area (Å²) in [6.45, 7) is 1.42. The third kappa shape index (κ3) is 4.35. The number of hydrogen-bond donors (Lipinski definition) is 0. The SMILES string of the molecule is COc1cc(Br)ccc1Oc1ncnc(N2CCN(C(=O)c3ccco3)CC2)c1[N+](=O)[O-]. The second kappa shape index (κ2) is 9.22. The topological polar surface area (TPSA) is 124 Å². The van der Waals surface area contributed by atoms with Crippen LogP contribution in [0.2, 0.25) is 0 Å². The van der Waals surface area contributed by atoms with Crippen molar-refractivity contribution >= 4 is 33.3 Å². The Labute approximate surface area is 190 Å². The smallest absolute Gasteiger partial charge is 0.373 e. The molecule has 1 aromatic carbocycles. The average molecular weight is 504 g/mol. The lowest BCUT2D eigenvalue weighted by Gasteiger charge is -2.34. The van der Waals surface area contributed by atoms with Gasteiger partial charge in [0, 0.05) is 30.7 Å². The number of furan rings is 1. The highest BCUT2D eigenvalue weighted by molar-refractivity contribution is 9.10. The number of benzene rings is 1. The summed E-state index contributed by atoms with van der Waals surface area (Å²) in [4.78, 5) is 35.3. The van der Waals surface area contributed by atoms with Gasteiger partial charge in [-0.25, -0.2) is 4.98 Å². The van der Waals surface area contributed by atoms with Gasteiger partial charge in [-0.3, -0.25) is 14.9 Å². The van der Waals surface area contributed by atoms with Crippen LogP contribution < -0.4 is 14.4 Å². The van der Waals surface area contributed by atoms with Gasteiger partial charge in [-0.05, 0) is 30.3 Å². The molecule has 0 aliphatic carbocycles. The summed E-state index contributed by atoms with van der Waals surface area (Å²) in [5.74, 6) is 0.621. The molecule has 2 aromatic heterocycles. The van der Waals surface area contributed by atoms with E-state index in [-0.39, 0.29) is 34.8 Å². The largest absolute Gasteiger partial charge is 0.493 e. The van der Waals surface area contributed by atoms with Crippen molar-refractivity contribution in [1.82, 2.24) is 14.9 Å². The number of carbonyl (C=O) groups excluding carboxylic acids is 1. The number of nitrogens with zero attached hydrogens (tertiary/aromatic N) is 5. The van der Waals surface area contributed by atoms with E-state index >= 15 is 0 Å². The molecule has 12 heteroatoms. The molecular weight excluding hydrogens is 486 g/mol. The normalized spacial score (nSPS) is 13.7. The number of ether oxygens (including phenoxy) is 2. The molecule has 1 fully saturated rings. The van der Waals surface area contributed by atoms with Crippen molar-refractivity contribution in [3.8, 4) is 17.4 Å². The van der Waals surface area contributed by atoms with Crippen molar-refractivity contribution in [3.05, 3.63) is 63.3 Å². The quantitative estimate of drug-likeness (QED) is 0.366. The maximum Gasteiger partial charge on any atom is 0.373 e. The van der Waals surface area contributed by atoms with Gasteiger partial charge in [0.15, 0.2) is 17.3 Å². The monoisotopic (exact) mass is 503 g/mol. The lowest BCUT2D eigenvalue weighted by Crippen LogP contribution is -2.49. The van der Waals surface area contributed by atoms with Crippen LogP contribution in [0.3, 0.4) is 0 Å². The van der Waals surface area contributed by atoms with Crippen LogP contribution in [0, 0.1) is 10.1 Å². The number of piperazine rings is 1. The van der Waals surface area contributed by atoms with Crippen LogP contribution in [0.4, 0.5) is 11.5 Å². The number of carbonyl (C=O) groups is 1. The number of anilines is 1. The fourth-order valence-electron chi connectivity index (χ4n) is 3.33. The molecule has 4 rings (SSSR count). The van der Waals surface area contributed by atoms with Gasteiger partial charge in [-0.2, -0.15) is 4.98 Å². The Balaban J connectivity index is 1.57. The molecule has 166 valence electrons. The van der Waals surface area contributed by atoms with Crippen LogP contribution in [-0.4, -0.2) is 59.0 Å². The van der Waals surface area contributed by atoms with Crippen LogP contribution in [0.25, 0.3) is 0 Å². The van der Waals surface area contributed by atoms with Crippen molar-refractivity contribution in [1.29, 1.82) is 0 Å². The van der Waals surface area contributed by atoms with E-state index in [4.69, 9.17) is 13.9 Å². The summed E-state index contributed by atoms with van der Waals surface area (Å²) in [6.07, 6.45) is 2.65. The van der Waals surface area contributed by atoms with Gasteiger partial charge in [0.25, 0.3) is 5.91 Å². The molecule has 1 aliphatic rings. The molecule has 32 heavy (non-hydrogen) atoms. The zero-order valence-corrected chi connectivity index (χ0v) is 18.5. The molecule has 0 unspecified atom stereocenters. The van der Waals surface area contributed by atoms with E-state index in [2.05, 4.69) is 25.9 Å². The number of rotatable bonds is 6. The molecule has 0 N–H and O–H groups in total. The summed E-state index contributed by atoms with van der Waals surface area (Å²) < 4.78 is 17.0. The van der Waals surface area contributed by atoms with Crippen LogP contribution in [-0.2, 0) is 0 Å². The number of halogens is 1. The second-order valence-electron chi connectivity index (χ2n) is 6.76. The van der Waals surface area contributed by atoms with E-state index in [1.54, 1.807) is 40.1 Å². The number of methoxy groups -OCH3 is 1. The van der Waals surface area contributed by atoms with Crippen molar-refractivity contribution in [3.63, 3.8) is 0 Å². The first-order valence-corrected chi connectivity index (χ1v) is 10.4. The van der Waals surface area contributed by atoms with E-state index < -0.39 is 4.92 Å². The zero-order valence-electron chi connectivity index (χ0n) is 16.9. The van der Waals surface area contributed by atoms with E-state index in [9.17, 15) is 14.9 Å². The Morgan fingerprint density at radius 2 is 1.97 bits per heavy atom. The first kappa shape index (κ1) is 21.6. The van der Waals surface area contributed by atoms with Gasteiger partial charge in [-0.1, -0.05) is 15.9 Å². The molecule has 1 aliphatic heterocycles. The fraction of sp³-hybridized carbons (Fsp3) is 0.250. The highest BCUT2D eigenvalue weighted by atomic mass is 79.9. The molecule has 3 heterocycles. The van der Waals surface area contributed by atoms with Crippen LogP contribution >= 0.6 is 15.9 Å². The van der Waals surface area contributed by atoms with Crippen LogP contribution in [0.5, 0.6) is 17.4 Å². The van der Waals surface area contributed by atoms with Crippen molar-refractivity contribution in [2.24, 2.45) is 0 Å². The maximum atomic E-state index is 12.5. The van der Waals surface area contributed by atoms with Crippen LogP contribution in [0.1, 0.15) is 10.6 Å². The molecule has 0 saturated carbocycles. The first-order chi connectivity index (χ1) is 15.5. The van der Waals surface area contributed by atoms with Crippen molar-refractivity contribution in [2.45, 2.75) is 0 Å². The Morgan fingerprint density at radius 1 is 1.19 bits per heavy atom. The summed E-state index contributed by atoms with van der Waals surface area (Å²) in [6, 6.07) is 8.27. The van der Waals surface area contributed by atoms with Gasteiger partial charge in [0.2, 0.25) is 5.82 Å². The lowest BCUT2D eigenvalue weighted by atomic mass is 10.2. The van der Waals surface area contributed by atoms with E-state index in [1.807, 2.05) is 0 Å². The van der Waals surface area contributed by atoms with Gasteiger partial charge in [0.1, 0.15) is 6.33 Å². The maximum absolute atomic E-state index is 12.5. The van der Waals surface area contributed by atoms with E-state index in [0.717, 1.165) is 4.47 Å². The third-order valence-corrected chi connectivity index (χ3v) is 5.38. The highest BCUT2D eigenvalue weighted by Gasteiger charge is 2.32. The Hall–Kier alpha value is -3.67. The first-order valence-electron chi connectivity index (χ1n) is 9.56. The lowest BCUT2D eigenvalue weighted by molar-refractivity contribution is -0.385. The standard InChI is InChI=1S/C20H18BrN5O6/c1-30-16-11-13(21)4-5-14(16)32-19-17(26(28)29)18(22-12-23-19)24-6-8-25(9-7-24)20(27)15-3-2-10-31-15/h2-5,10-12H,6-9H2,1H3. The summed E-state index contributed by atoms with van der Waals surface area (Å²) in [5.41, 5.74) is -0.358. The van der Waals surface area contributed by atoms with Crippen molar-refractivity contribution < 1.29 is 23.6 Å². The van der Waals surface area contributed by atoms with Crippen LogP contribution in [0.15, 0.2) is 51.8 Å². The number of hydrogen-bond acceptors (Lipinski definition) is 9. The van der Waals surface area contributed by atoms with Crippen molar-refractivity contribution in [2.75, 3.05) is 38.2 Å². The Kier molecular flexibility index (Phi) is 6.21. The minimum absolute atomic E-state index is 0.126. The van der Waals surface area contributed by atoms with E-state index in [0.29, 0.717) is 31.9 Å². The molecule has 0 spiro atoms. The summed E-state index contributed by atoms with van der Waals surface area (Å²) in [7, 11) is 1.47. The highest BCUT2D eigenvalue weighted by Crippen LogP contribution is 2.39. The molecule has 0 bridgehead atoms. The van der Waals surface area contributed by atoms with Gasteiger partial charge in [-0.15, -0.1) is 0 Å². The zero-order chi connectivity index (χ0) is 22.7. The summed E-state index contributed by atoms with van der Waals surface area (Å²) >= 11 is 3.34. The Bertz CT molecular complexity index is 1130. The van der Waals surface area contributed by atoms with E-state index in [1.165, 1.54) is 19.7 Å². The molecule has 1 amide bonds. The Morgan fingerprint density at radius 3 is 2.62 bits per heavy atom. The number of amides is 1. The predicted octanol–water partition coefficient (Wildman–Crippen LogP) is 3.50. The molecular formula is C20H18BrN5O6. The second-order valence-corrected chi connectivity index (χ2v) is 7.68. The average Bonchev–Trinajstić information content (AvgIpc) is 3.34. The number of nitro groups is 1. The van der Waals surface area contributed by atoms with Gasteiger partial charge >= 0.3 is 11.6 Å². The minimum Gasteiger partial charge on any atom is -0.493 e. The number of aromatic nitrogens is 2. The van der Waals surface area contributed by atoms with Gasteiger partial charge < -0.3 is 23.7 Å². The molecule has 0 atom stereocenters.